The van der Waals surface area contributed by atoms with Crippen molar-refractivity contribution in [3.05, 3.63) is 64.3 Å². The van der Waals surface area contributed by atoms with E-state index in [9.17, 15) is 43.2 Å². The predicted molar refractivity (Wildman–Crippen MR) is 114 cm³/mol. The fourth-order valence-corrected chi connectivity index (χ4v) is 4.53. The topological polar surface area (TPSA) is 113 Å². The zero-order valence-electron chi connectivity index (χ0n) is 17.0. The Morgan fingerprint density at radius 2 is 1.35 bits per heavy atom. The quantitative estimate of drug-likeness (QED) is 0.157. The minimum absolute atomic E-state index is 0.0375. The maximum atomic E-state index is 11.4. The van der Waals surface area contributed by atoms with Crippen molar-refractivity contribution in [2.75, 3.05) is 5.75 Å². The molecule has 0 amide bonds. The van der Waals surface area contributed by atoms with E-state index in [4.69, 9.17) is 9.53 Å². The Kier molecular flexibility index (Phi) is 10.4. The Bertz CT molecular complexity index is 1110. The van der Waals surface area contributed by atoms with Crippen molar-refractivity contribution in [3.8, 4) is 5.75 Å². The van der Waals surface area contributed by atoms with Gasteiger partial charge in [0.1, 0.15) is 0 Å². The van der Waals surface area contributed by atoms with Crippen LogP contribution < -0.4 is 4.74 Å². The number of alkyl halides is 6. The van der Waals surface area contributed by atoms with Crippen molar-refractivity contribution < 1.29 is 52.7 Å². The standard InChI is InChI=1S/C16H16O2S.C2F6NO4S2/c1-13(17)18-15-7-9-16(10-8-15)19-12-11-14-5-3-2-4-6-14;3-1(4,5)14(10,11)9-15(12,13)2(6,7)8/h2-10H,11-12H2,1H3;/q;-1/p+1. The van der Waals surface area contributed by atoms with Crippen molar-refractivity contribution >= 4 is 37.8 Å². The van der Waals surface area contributed by atoms with E-state index in [1.54, 1.807) is 0 Å². The first-order valence-electron chi connectivity index (χ1n) is 8.78. The summed E-state index contributed by atoms with van der Waals surface area (Å²) in [4.78, 5) is 10.2. The van der Waals surface area contributed by atoms with Crippen LogP contribution in [0.1, 0.15) is 12.5 Å². The monoisotopic (exact) mass is 553 g/mol. The number of sulfonamides is 2. The highest BCUT2D eigenvalue weighted by Gasteiger charge is 2.46. The maximum Gasteiger partial charge on any atom is 0.485 e. The molecule has 190 valence electrons. The van der Waals surface area contributed by atoms with Gasteiger partial charge in [0.15, 0.2) is 20.0 Å². The lowest BCUT2D eigenvalue weighted by Gasteiger charge is -2.22. The van der Waals surface area contributed by atoms with Crippen LogP contribution in [0.4, 0.5) is 26.3 Å². The number of esters is 1. The minimum atomic E-state index is -6.72. The van der Waals surface area contributed by atoms with Gasteiger partial charge >= 0.3 is 17.0 Å². The number of nitrogens with zero attached hydrogens (tertiary/aromatic N) is 1. The van der Waals surface area contributed by atoms with Gasteiger partial charge in [0, 0.05) is 22.8 Å². The Morgan fingerprint density at radius 1 is 0.882 bits per heavy atom. The largest absolute Gasteiger partial charge is 0.485 e. The predicted octanol–water partition coefficient (Wildman–Crippen LogP) is 4.98. The van der Waals surface area contributed by atoms with Gasteiger partial charge in [-0.2, -0.15) is 26.3 Å². The van der Waals surface area contributed by atoms with Crippen LogP contribution >= 0.6 is 11.8 Å². The zero-order chi connectivity index (χ0) is 26.2. The van der Waals surface area contributed by atoms with E-state index in [-0.39, 0.29) is 5.97 Å². The van der Waals surface area contributed by atoms with Crippen LogP contribution in [0.5, 0.6) is 5.75 Å². The third kappa shape index (κ3) is 9.90. The molecule has 0 heterocycles. The van der Waals surface area contributed by atoms with Crippen molar-refractivity contribution in [2.45, 2.75) is 29.3 Å². The second kappa shape index (κ2) is 11.9. The number of aryl methyl sites for hydroxylation is 1. The molecule has 0 spiro atoms. The fraction of sp³-hybridized carbons (Fsp3) is 0.278. The van der Waals surface area contributed by atoms with Gasteiger partial charge in [0.2, 0.25) is 5.75 Å². The van der Waals surface area contributed by atoms with Crippen molar-refractivity contribution in [1.82, 2.24) is 0 Å². The summed E-state index contributed by atoms with van der Waals surface area (Å²) in [5.41, 5.74) is -11.0. The van der Waals surface area contributed by atoms with Gasteiger partial charge in [-0.3, -0.25) is 4.74 Å². The summed E-state index contributed by atoms with van der Waals surface area (Å²) in [6.45, 7) is 1.52. The first kappa shape index (κ1) is 29.7. The molecule has 2 rings (SSSR count). The molecule has 0 saturated heterocycles. The maximum absolute atomic E-state index is 11.4. The molecule has 34 heavy (non-hydrogen) atoms. The van der Waals surface area contributed by atoms with Gasteiger partial charge in [-0.25, -0.2) is 16.8 Å². The molecule has 0 atom stereocenters. The SMILES string of the molecule is CC(=[OH+])Oc1ccc(SCCc2ccccc2)cc1.O=S(=O)([N-]S(=O)(=O)C(F)(F)F)C(F)(F)F. The van der Waals surface area contributed by atoms with E-state index in [1.807, 2.05) is 42.1 Å². The molecule has 0 aromatic heterocycles. The molecule has 16 heteroatoms. The first-order valence-corrected chi connectivity index (χ1v) is 12.6. The number of hydrogen-bond donors (Lipinski definition) is 0. The molecule has 0 aliphatic rings. The molecule has 0 aliphatic carbocycles. The van der Waals surface area contributed by atoms with Crippen LogP contribution in [0.3, 0.4) is 0 Å². The molecule has 0 radical (unpaired) electrons. The summed E-state index contributed by atoms with van der Waals surface area (Å²) in [5, 5.41) is 0. The average Bonchev–Trinajstić information content (AvgIpc) is 2.68. The molecular formula is C18H17F6NO6S3. The van der Waals surface area contributed by atoms with Gasteiger partial charge < -0.3 is 8.92 Å². The number of thioether (sulfide) groups is 1. The highest BCUT2D eigenvalue weighted by Crippen LogP contribution is 2.36. The normalized spacial score (nSPS) is 12.4. The second-order valence-electron chi connectivity index (χ2n) is 6.09. The highest BCUT2D eigenvalue weighted by atomic mass is 32.3. The number of rotatable bonds is 7. The van der Waals surface area contributed by atoms with Crippen molar-refractivity contribution in [2.24, 2.45) is 0 Å². The first-order chi connectivity index (χ1) is 15.4. The van der Waals surface area contributed by atoms with Gasteiger partial charge in [-0.05, 0) is 24.1 Å². The smallest absolute Gasteiger partial charge is 0.421 e. The van der Waals surface area contributed by atoms with Gasteiger partial charge in [-0.15, -0.1) is 11.8 Å². The van der Waals surface area contributed by atoms with Crippen LogP contribution in [-0.4, -0.2) is 44.4 Å². The van der Waals surface area contributed by atoms with Gasteiger partial charge in [0.25, 0.3) is 0 Å². The molecule has 2 aromatic carbocycles. The van der Waals surface area contributed by atoms with Crippen molar-refractivity contribution in [3.63, 3.8) is 0 Å². The molecule has 1 N–H and O–H groups in total. The zero-order valence-corrected chi connectivity index (χ0v) is 19.5. The van der Waals surface area contributed by atoms with Gasteiger partial charge in [-0.1, -0.05) is 30.3 Å². The number of halogens is 6. The third-order valence-electron chi connectivity index (χ3n) is 3.37. The number of carbonyl (C=O) groups excluding carboxylic acids is 1. The molecule has 2 aromatic rings. The average molecular weight is 554 g/mol. The molecule has 0 unspecified atom stereocenters. The third-order valence-corrected chi connectivity index (χ3v) is 7.13. The Balaban J connectivity index is 0.000000352. The number of ether oxygens (including phenoxy) is 1. The van der Waals surface area contributed by atoms with Crippen LogP contribution in [0.2, 0.25) is 0 Å². The molecule has 0 aliphatic heterocycles. The minimum Gasteiger partial charge on any atom is -0.421 e. The molecule has 0 fully saturated rings. The summed E-state index contributed by atoms with van der Waals surface area (Å²) >= 11 is 1.82. The van der Waals surface area contributed by atoms with Gasteiger partial charge in [0.05, 0.1) is 6.92 Å². The van der Waals surface area contributed by atoms with Crippen LogP contribution in [-0.2, 0) is 26.5 Å². The highest BCUT2D eigenvalue weighted by molar-refractivity contribution is 8.13. The van der Waals surface area contributed by atoms with Crippen LogP contribution in [0, 0.1) is 0 Å². The molecule has 0 bridgehead atoms. The number of hydrogen-bond acceptors (Lipinski definition) is 6. The van der Waals surface area contributed by atoms with E-state index in [2.05, 4.69) is 24.3 Å². The van der Waals surface area contributed by atoms with Crippen LogP contribution in [0.15, 0.2) is 59.5 Å². The summed E-state index contributed by atoms with van der Waals surface area (Å²) in [6.07, 6.45) is 1.06. The van der Waals surface area contributed by atoms with E-state index < -0.39 is 31.1 Å². The fourth-order valence-electron chi connectivity index (χ4n) is 1.92. The molecular weight excluding hydrogens is 536 g/mol. The summed E-state index contributed by atoms with van der Waals surface area (Å²) in [6, 6.07) is 18.2. The lowest BCUT2D eigenvalue weighted by Crippen LogP contribution is -2.30. The Hall–Kier alpha value is -2.30. The lowest BCUT2D eigenvalue weighted by atomic mass is 10.2. The Labute approximate surface area is 195 Å². The van der Waals surface area contributed by atoms with Crippen molar-refractivity contribution in [1.29, 1.82) is 0 Å². The number of benzene rings is 2. The molecule has 0 saturated carbocycles. The summed E-state index contributed by atoms with van der Waals surface area (Å²) < 4.78 is 114. The lowest BCUT2D eigenvalue weighted by molar-refractivity contribution is -0.0444. The van der Waals surface area contributed by atoms with E-state index in [1.165, 1.54) is 17.4 Å². The van der Waals surface area contributed by atoms with Crippen LogP contribution in [0.25, 0.3) is 4.13 Å². The van der Waals surface area contributed by atoms with E-state index >= 15 is 0 Å². The van der Waals surface area contributed by atoms with E-state index in [0.717, 1.165) is 16.3 Å². The summed E-state index contributed by atoms with van der Waals surface area (Å²) in [7, 11) is -13.4. The second-order valence-corrected chi connectivity index (χ2v) is 10.7. The summed E-state index contributed by atoms with van der Waals surface area (Å²) in [5.74, 6) is 1.67. The van der Waals surface area contributed by atoms with E-state index in [0.29, 0.717) is 5.75 Å². The molecule has 7 nitrogen and oxygen atoms in total. The Morgan fingerprint density at radius 3 is 1.76 bits per heavy atom.